The summed E-state index contributed by atoms with van der Waals surface area (Å²) in [5, 5.41) is 0. The molecule has 0 radical (unpaired) electrons. The Hall–Kier alpha value is -2.29. The quantitative estimate of drug-likeness (QED) is 0.518. The molecule has 1 aliphatic rings. The minimum Gasteiger partial charge on any atom is -0.316 e. The average molecular weight is 472 g/mol. The van der Waals surface area contributed by atoms with Crippen molar-refractivity contribution in [1.82, 2.24) is 8.87 Å². The number of rotatable bonds is 6. The summed E-state index contributed by atoms with van der Waals surface area (Å²) in [4.78, 5) is 18.1. The lowest BCUT2D eigenvalue weighted by molar-refractivity contribution is 0.0997. The molecule has 1 aromatic heterocycles. The molecule has 0 aliphatic heterocycles. The molecule has 0 spiro atoms. The highest BCUT2D eigenvalue weighted by Gasteiger charge is 2.29. The van der Waals surface area contributed by atoms with Crippen molar-refractivity contribution >= 4 is 37.5 Å². The molecule has 3 aromatic rings. The Bertz CT molecular complexity index is 1270. The number of hydrogen-bond acceptors (Lipinski definition) is 4. The van der Waals surface area contributed by atoms with Crippen LogP contribution >= 0.6 is 11.3 Å². The standard InChI is InChI=1S/C24H29N3O3S2/c1-3-17-27-21-11-7-8-12-22(21)31-24(27)25-23(28)18-13-15-20(16-14-18)32(29,30)26(2)19-9-5-4-6-10-19/h7-8,11-16,19H,3-6,9-10,17H2,1-2H3. The van der Waals surface area contributed by atoms with Crippen LogP contribution < -0.4 is 4.80 Å². The predicted octanol–water partition coefficient (Wildman–Crippen LogP) is 4.81. The zero-order chi connectivity index (χ0) is 22.7. The van der Waals surface area contributed by atoms with Gasteiger partial charge in [0.2, 0.25) is 10.0 Å². The summed E-state index contributed by atoms with van der Waals surface area (Å²) in [7, 11) is -1.92. The molecule has 0 N–H and O–H groups in total. The summed E-state index contributed by atoms with van der Waals surface area (Å²) >= 11 is 1.49. The highest BCUT2D eigenvalue weighted by Crippen LogP contribution is 2.26. The fraction of sp³-hybridized carbons (Fsp3) is 0.417. The largest absolute Gasteiger partial charge is 0.316 e. The lowest BCUT2D eigenvalue weighted by Gasteiger charge is -2.30. The number of hydrogen-bond donors (Lipinski definition) is 0. The van der Waals surface area contributed by atoms with E-state index in [2.05, 4.69) is 16.5 Å². The van der Waals surface area contributed by atoms with Crippen LogP contribution in [0.1, 0.15) is 55.8 Å². The number of aromatic nitrogens is 1. The first-order chi connectivity index (χ1) is 15.4. The molecule has 8 heteroatoms. The fourth-order valence-corrected chi connectivity index (χ4v) is 6.74. The van der Waals surface area contributed by atoms with Crippen molar-refractivity contribution in [3.05, 3.63) is 58.9 Å². The zero-order valence-electron chi connectivity index (χ0n) is 18.5. The molecule has 170 valence electrons. The molecular formula is C24H29N3O3S2. The number of carbonyl (C=O) groups excluding carboxylic acids is 1. The van der Waals surface area contributed by atoms with Gasteiger partial charge < -0.3 is 4.57 Å². The summed E-state index contributed by atoms with van der Waals surface area (Å²) in [5.41, 5.74) is 1.45. The Labute approximate surface area is 193 Å². The van der Waals surface area contributed by atoms with Crippen molar-refractivity contribution in [2.24, 2.45) is 4.99 Å². The van der Waals surface area contributed by atoms with Crippen LogP contribution in [0.25, 0.3) is 10.2 Å². The smallest absolute Gasteiger partial charge is 0.279 e. The van der Waals surface area contributed by atoms with Gasteiger partial charge in [0, 0.05) is 25.2 Å². The van der Waals surface area contributed by atoms with Gasteiger partial charge in [-0.05, 0) is 55.7 Å². The number of carbonyl (C=O) groups is 1. The van der Waals surface area contributed by atoms with E-state index in [9.17, 15) is 13.2 Å². The second kappa shape index (κ2) is 9.68. The molecule has 4 rings (SSSR count). The van der Waals surface area contributed by atoms with Crippen LogP contribution in [0.3, 0.4) is 0 Å². The molecule has 1 fully saturated rings. The van der Waals surface area contributed by atoms with Crippen LogP contribution in [0.2, 0.25) is 0 Å². The maximum Gasteiger partial charge on any atom is 0.279 e. The van der Waals surface area contributed by atoms with Gasteiger partial charge in [0.1, 0.15) is 0 Å². The third-order valence-electron chi connectivity index (χ3n) is 6.10. The van der Waals surface area contributed by atoms with E-state index in [0.29, 0.717) is 10.4 Å². The van der Waals surface area contributed by atoms with Crippen LogP contribution in [0.5, 0.6) is 0 Å². The Kier molecular flexibility index (Phi) is 6.93. The van der Waals surface area contributed by atoms with Gasteiger partial charge in [-0.15, -0.1) is 0 Å². The van der Waals surface area contributed by atoms with E-state index >= 15 is 0 Å². The molecule has 0 atom stereocenters. The molecule has 1 heterocycles. The van der Waals surface area contributed by atoms with Crippen molar-refractivity contribution in [3.63, 3.8) is 0 Å². The lowest BCUT2D eigenvalue weighted by atomic mass is 9.96. The summed E-state index contributed by atoms with van der Waals surface area (Å²) in [6, 6.07) is 14.2. The van der Waals surface area contributed by atoms with E-state index in [0.717, 1.165) is 48.9 Å². The van der Waals surface area contributed by atoms with Crippen molar-refractivity contribution in [3.8, 4) is 0 Å². The highest BCUT2D eigenvalue weighted by atomic mass is 32.2. The van der Waals surface area contributed by atoms with Gasteiger partial charge in [-0.25, -0.2) is 8.42 Å². The predicted molar refractivity (Wildman–Crippen MR) is 128 cm³/mol. The third-order valence-corrected chi connectivity index (χ3v) is 9.08. The van der Waals surface area contributed by atoms with Crippen molar-refractivity contribution in [1.29, 1.82) is 0 Å². The number of amides is 1. The highest BCUT2D eigenvalue weighted by molar-refractivity contribution is 7.89. The Balaban J connectivity index is 1.60. The number of thiazole rings is 1. The number of sulfonamides is 1. The second-order valence-electron chi connectivity index (χ2n) is 8.26. The molecule has 1 saturated carbocycles. The molecular weight excluding hydrogens is 442 g/mol. The first kappa shape index (κ1) is 22.9. The number of fused-ring (bicyclic) bond motifs is 1. The molecule has 1 amide bonds. The average Bonchev–Trinajstić information content (AvgIpc) is 3.16. The first-order valence-corrected chi connectivity index (χ1v) is 13.4. The van der Waals surface area contributed by atoms with Crippen molar-refractivity contribution in [2.75, 3.05) is 7.05 Å². The fourth-order valence-electron chi connectivity index (χ4n) is 4.27. The van der Waals surface area contributed by atoms with Crippen LogP contribution in [-0.2, 0) is 16.6 Å². The van der Waals surface area contributed by atoms with Crippen molar-refractivity contribution < 1.29 is 13.2 Å². The van der Waals surface area contributed by atoms with E-state index in [1.165, 1.54) is 34.2 Å². The van der Waals surface area contributed by atoms with E-state index < -0.39 is 10.0 Å². The van der Waals surface area contributed by atoms with Gasteiger partial charge >= 0.3 is 0 Å². The topological polar surface area (TPSA) is 71.7 Å². The maximum atomic E-state index is 13.0. The number of nitrogens with zero attached hydrogens (tertiary/aromatic N) is 3. The number of aryl methyl sites for hydroxylation is 1. The molecule has 0 unspecified atom stereocenters. The van der Waals surface area contributed by atoms with Crippen LogP contribution in [0, 0.1) is 0 Å². The number of benzene rings is 2. The maximum absolute atomic E-state index is 13.0. The van der Waals surface area contributed by atoms with Gasteiger partial charge in [0.05, 0.1) is 15.1 Å². The van der Waals surface area contributed by atoms with Gasteiger partial charge in [-0.1, -0.05) is 49.7 Å². The van der Waals surface area contributed by atoms with Gasteiger partial charge in [-0.2, -0.15) is 9.30 Å². The third kappa shape index (κ3) is 4.58. The summed E-state index contributed by atoms with van der Waals surface area (Å²) in [6.45, 7) is 2.87. The second-order valence-corrected chi connectivity index (χ2v) is 11.3. The number of para-hydroxylation sites is 1. The zero-order valence-corrected chi connectivity index (χ0v) is 20.2. The Morgan fingerprint density at radius 1 is 1.09 bits per heavy atom. The summed E-state index contributed by atoms with van der Waals surface area (Å²) in [6.07, 6.45) is 6.03. The van der Waals surface area contributed by atoms with Gasteiger partial charge in [-0.3, -0.25) is 4.79 Å². The van der Waals surface area contributed by atoms with Gasteiger partial charge in [0.25, 0.3) is 5.91 Å². The molecule has 2 aromatic carbocycles. The molecule has 6 nitrogen and oxygen atoms in total. The monoisotopic (exact) mass is 471 g/mol. The van der Waals surface area contributed by atoms with Crippen LogP contribution in [0.15, 0.2) is 58.4 Å². The molecule has 1 aliphatic carbocycles. The van der Waals surface area contributed by atoms with E-state index in [-0.39, 0.29) is 16.8 Å². The van der Waals surface area contributed by atoms with E-state index in [4.69, 9.17) is 0 Å². The normalized spacial score (nSPS) is 16.2. The van der Waals surface area contributed by atoms with E-state index in [1.54, 1.807) is 19.2 Å². The van der Waals surface area contributed by atoms with Crippen molar-refractivity contribution in [2.45, 2.75) is 62.9 Å². The summed E-state index contributed by atoms with van der Waals surface area (Å²) in [5.74, 6) is -0.369. The summed E-state index contributed by atoms with van der Waals surface area (Å²) < 4.78 is 30.7. The molecule has 32 heavy (non-hydrogen) atoms. The van der Waals surface area contributed by atoms with E-state index in [1.807, 2.05) is 24.3 Å². The van der Waals surface area contributed by atoms with Gasteiger partial charge in [0.15, 0.2) is 4.80 Å². The SMILES string of the molecule is CCCn1c(=NC(=O)c2ccc(S(=O)(=O)N(C)C3CCCCC3)cc2)sc2ccccc21. The molecule has 0 saturated heterocycles. The lowest BCUT2D eigenvalue weighted by Crippen LogP contribution is -2.38. The minimum atomic E-state index is -3.58. The minimum absolute atomic E-state index is 0.0482. The Morgan fingerprint density at radius 2 is 1.78 bits per heavy atom. The Morgan fingerprint density at radius 3 is 2.47 bits per heavy atom. The van der Waals surface area contributed by atoms with Crippen LogP contribution in [-0.4, -0.2) is 36.3 Å². The first-order valence-electron chi connectivity index (χ1n) is 11.2. The van der Waals surface area contributed by atoms with Crippen LogP contribution in [0.4, 0.5) is 0 Å². The molecule has 0 bridgehead atoms.